The molecule has 1 unspecified atom stereocenters. The average molecular weight is 345 g/mol. The van der Waals surface area contributed by atoms with Crippen molar-refractivity contribution in [1.82, 2.24) is 4.90 Å². The van der Waals surface area contributed by atoms with Gasteiger partial charge in [0.05, 0.1) is 0 Å². The zero-order chi connectivity index (χ0) is 17.9. The van der Waals surface area contributed by atoms with Crippen LogP contribution in [0, 0.1) is 0 Å². The van der Waals surface area contributed by atoms with Crippen molar-refractivity contribution in [2.75, 3.05) is 0 Å². The van der Waals surface area contributed by atoms with Crippen LogP contribution >= 0.6 is 0 Å². The molecule has 0 heterocycles. The monoisotopic (exact) mass is 345 g/mol. The second kappa shape index (κ2) is 7.11. The minimum Gasteiger partial charge on any atom is -0.480 e. The van der Waals surface area contributed by atoms with Crippen molar-refractivity contribution in [3.8, 4) is 5.75 Å². The minimum atomic E-state index is -4.81. The molecule has 0 aliphatic heterocycles. The first-order valence-electron chi connectivity index (χ1n) is 7.56. The summed E-state index contributed by atoms with van der Waals surface area (Å²) >= 11 is 0. The molecule has 1 N–H and O–H groups in total. The molecule has 0 radical (unpaired) electrons. The number of amides is 1. The second-order valence-electron chi connectivity index (χ2n) is 5.70. The van der Waals surface area contributed by atoms with E-state index in [0.29, 0.717) is 0 Å². The van der Waals surface area contributed by atoms with Crippen molar-refractivity contribution in [2.24, 2.45) is 0 Å². The molecule has 1 amide bonds. The maximum Gasteiger partial charge on any atom is 0.573 e. The lowest BCUT2D eigenvalue weighted by Gasteiger charge is -2.26. The molecule has 1 aromatic rings. The second-order valence-corrected chi connectivity index (χ2v) is 5.70. The minimum absolute atomic E-state index is 0.0423. The predicted octanol–water partition coefficient (Wildman–Crippen LogP) is 2.98. The number of para-hydroxylation sites is 1. The number of carboxylic acid groups (broad SMARTS) is 1. The van der Waals surface area contributed by atoms with Crippen molar-refractivity contribution < 1.29 is 32.6 Å². The van der Waals surface area contributed by atoms with Crippen molar-refractivity contribution in [3.63, 3.8) is 0 Å². The van der Waals surface area contributed by atoms with Crippen LogP contribution in [-0.2, 0) is 16.0 Å². The number of carbonyl (C=O) groups excluding carboxylic acids is 1. The molecular weight excluding hydrogens is 327 g/mol. The molecule has 1 aliphatic carbocycles. The van der Waals surface area contributed by atoms with Crippen LogP contribution in [-0.4, -0.2) is 40.3 Å². The summed E-state index contributed by atoms with van der Waals surface area (Å²) in [4.78, 5) is 24.8. The largest absolute Gasteiger partial charge is 0.573 e. The van der Waals surface area contributed by atoms with Crippen LogP contribution in [0.5, 0.6) is 5.75 Å². The molecule has 0 saturated heterocycles. The van der Waals surface area contributed by atoms with E-state index in [2.05, 4.69) is 4.74 Å². The Morgan fingerprint density at radius 2 is 1.96 bits per heavy atom. The van der Waals surface area contributed by atoms with Gasteiger partial charge in [-0.1, -0.05) is 18.2 Å². The van der Waals surface area contributed by atoms with E-state index in [4.69, 9.17) is 5.11 Å². The Labute approximate surface area is 137 Å². The molecular formula is C16H18F3NO4. The fourth-order valence-corrected chi connectivity index (χ4v) is 2.51. The number of aliphatic carboxylic acids is 1. The number of rotatable bonds is 7. The summed E-state index contributed by atoms with van der Waals surface area (Å²) in [5.74, 6) is -1.83. The van der Waals surface area contributed by atoms with Gasteiger partial charge in [-0.05, 0) is 37.8 Å². The van der Waals surface area contributed by atoms with Crippen LogP contribution < -0.4 is 4.74 Å². The Hall–Kier alpha value is -2.25. The number of carboxylic acids is 1. The van der Waals surface area contributed by atoms with Crippen molar-refractivity contribution in [1.29, 1.82) is 0 Å². The highest BCUT2D eigenvalue weighted by atomic mass is 19.4. The lowest BCUT2D eigenvalue weighted by molar-refractivity contribution is -0.274. The number of benzene rings is 1. The van der Waals surface area contributed by atoms with Gasteiger partial charge in [0.1, 0.15) is 11.8 Å². The van der Waals surface area contributed by atoms with E-state index in [9.17, 15) is 22.8 Å². The summed E-state index contributed by atoms with van der Waals surface area (Å²) in [6.45, 7) is 1.43. The molecule has 132 valence electrons. The Bertz CT molecular complexity index is 614. The van der Waals surface area contributed by atoms with E-state index in [1.165, 1.54) is 30.0 Å². The predicted molar refractivity (Wildman–Crippen MR) is 78.4 cm³/mol. The van der Waals surface area contributed by atoms with Crippen molar-refractivity contribution in [3.05, 3.63) is 29.8 Å². The van der Waals surface area contributed by atoms with Crippen LogP contribution in [0.2, 0.25) is 0 Å². The number of nitrogens with zero attached hydrogens (tertiary/aromatic N) is 1. The summed E-state index contributed by atoms with van der Waals surface area (Å²) < 4.78 is 41.1. The quantitative estimate of drug-likeness (QED) is 0.825. The third-order valence-electron chi connectivity index (χ3n) is 3.81. The molecule has 0 bridgehead atoms. The maximum absolute atomic E-state index is 12.4. The van der Waals surface area contributed by atoms with Crippen LogP contribution in [0.4, 0.5) is 13.2 Å². The standard InChI is InChI=1S/C16H18F3NO4/c1-10(15(22)23)20(12-7-8-12)14(21)9-6-11-4-2-3-5-13(11)24-16(17,18)19/h2-5,10,12H,6-9H2,1H3,(H,22,23). The lowest BCUT2D eigenvalue weighted by Crippen LogP contribution is -2.44. The van der Waals surface area contributed by atoms with Gasteiger partial charge < -0.3 is 14.7 Å². The molecule has 8 heteroatoms. The van der Waals surface area contributed by atoms with Gasteiger partial charge in [0.25, 0.3) is 0 Å². The molecule has 1 fully saturated rings. The van der Waals surface area contributed by atoms with Crippen LogP contribution in [0.3, 0.4) is 0 Å². The Morgan fingerprint density at radius 3 is 2.50 bits per heavy atom. The van der Waals surface area contributed by atoms with Gasteiger partial charge in [0.15, 0.2) is 0 Å². The van der Waals surface area contributed by atoms with Crippen molar-refractivity contribution >= 4 is 11.9 Å². The van der Waals surface area contributed by atoms with Gasteiger partial charge in [-0.3, -0.25) is 4.79 Å². The highest BCUT2D eigenvalue weighted by molar-refractivity contribution is 5.84. The van der Waals surface area contributed by atoms with Gasteiger partial charge in [0.2, 0.25) is 5.91 Å². The highest BCUT2D eigenvalue weighted by Gasteiger charge is 2.38. The number of alkyl halides is 3. The smallest absolute Gasteiger partial charge is 0.480 e. The first kappa shape index (κ1) is 18.1. The molecule has 2 rings (SSSR count). The summed E-state index contributed by atoms with van der Waals surface area (Å²) in [6, 6.07) is 4.57. The molecule has 0 spiro atoms. The first-order valence-corrected chi connectivity index (χ1v) is 7.56. The molecule has 1 saturated carbocycles. The van der Waals surface area contributed by atoms with Gasteiger partial charge >= 0.3 is 12.3 Å². The molecule has 5 nitrogen and oxygen atoms in total. The van der Waals surface area contributed by atoms with E-state index < -0.39 is 18.4 Å². The van der Waals surface area contributed by atoms with Crippen LogP contribution in [0.15, 0.2) is 24.3 Å². The van der Waals surface area contributed by atoms with Gasteiger partial charge in [-0.25, -0.2) is 4.79 Å². The van der Waals surface area contributed by atoms with E-state index in [1.54, 1.807) is 6.07 Å². The zero-order valence-corrected chi connectivity index (χ0v) is 13.0. The number of ether oxygens (including phenoxy) is 1. The summed E-state index contributed by atoms with van der Waals surface area (Å²) in [5, 5.41) is 9.10. The fourth-order valence-electron chi connectivity index (χ4n) is 2.51. The lowest BCUT2D eigenvalue weighted by atomic mass is 10.1. The molecule has 24 heavy (non-hydrogen) atoms. The summed E-state index contributed by atoms with van der Waals surface area (Å²) in [5.41, 5.74) is 0.252. The molecule has 1 atom stereocenters. The number of carbonyl (C=O) groups is 2. The summed E-state index contributed by atoms with van der Waals surface area (Å²) in [6.07, 6.45) is -3.35. The zero-order valence-electron chi connectivity index (χ0n) is 13.0. The third-order valence-corrected chi connectivity index (χ3v) is 3.81. The fraction of sp³-hybridized carbons (Fsp3) is 0.500. The first-order chi connectivity index (χ1) is 11.2. The van der Waals surface area contributed by atoms with Gasteiger partial charge in [-0.15, -0.1) is 13.2 Å². The number of halogens is 3. The van der Waals surface area contributed by atoms with Crippen LogP contribution in [0.1, 0.15) is 31.7 Å². The molecule has 1 aliphatic rings. The van der Waals surface area contributed by atoms with E-state index in [0.717, 1.165) is 12.8 Å². The average Bonchev–Trinajstić information content (AvgIpc) is 3.29. The van der Waals surface area contributed by atoms with Crippen molar-refractivity contribution in [2.45, 2.75) is 51.1 Å². The molecule has 1 aromatic carbocycles. The number of aryl methyl sites for hydroxylation is 1. The summed E-state index contributed by atoms with van der Waals surface area (Å²) in [7, 11) is 0. The topological polar surface area (TPSA) is 66.8 Å². The highest BCUT2D eigenvalue weighted by Crippen LogP contribution is 2.31. The van der Waals surface area contributed by atoms with E-state index in [1.807, 2.05) is 0 Å². The number of hydrogen-bond acceptors (Lipinski definition) is 3. The normalized spacial score (nSPS) is 15.7. The third kappa shape index (κ3) is 4.87. The Balaban J connectivity index is 2.04. The Morgan fingerprint density at radius 1 is 1.33 bits per heavy atom. The van der Waals surface area contributed by atoms with E-state index in [-0.39, 0.29) is 36.1 Å². The van der Waals surface area contributed by atoms with Crippen LogP contribution in [0.25, 0.3) is 0 Å². The van der Waals surface area contributed by atoms with Gasteiger partial charge in [-0.2, -0.15) is 0 Å². The van der Waals surface area contributed by atoms with E-state index >= 15 is 0 Å². The van der Waals surface area contributed by atoms with Gasteiger partial charge in [0, 0.05) is 12.5 Å². The maximum atomic E-state index is 12.4. The number of hydrogen-bond donors (Lipinski definition) is 1. The molecule has 0 aromatic heterocycles. The SMILES string of the molecule is CC(C(=O)O)N(C(=O)CCc1ccccc1OC(F)(F)F)C1CC1. The Kier molecular flexibility index (Phi) is 5.36.